The second-order valence-electron chi connectivity index (χ2n) is 4.58. The normalized spacial score (nSPS) is 10.3. The van der Waals surface area contributed by atoms with Gasteiger partial charge in [0.1, 0.15) is 0 Å². The Labute approximate surface area is 135 Å². The van der Waals surface area contributed by atoms with Gasteiger partial charge in [0.15, 0.2) is 11.5 Å². The number of urea groups is 1. The maximum atomic E-state index is 12.2. The van der Waals surface area contributed by atoms with E-state index in [1.54, 1.807) is 30.3 Å². The van der Waals surface area contributed by atoms with Gasteiger partial charge in [-0.05, 0) is 29.6 Å². The van der Waals surface area contributed by atoms with Crippen molar-refractivity contribution in [3.8, 4) is 10.6 Å². The first-order chi connectivity index (χ1) is 11.1. The second kappa shape index (κ2) is 6.32. The number of aromatic nitrogens is 1. The first-order valence-electron chi connectivity index (χ1n) is 6.60. The minimum atomic E-state index is -0.675. The van der Waals surface area contributed by atoms with Crippen LogP contribution >= 0.6 is 11.3 Å². The summed E-state index contributed by atoms with van der Waals surface area (Å²) in [6.07, 6.45) is 0. The number of nitrogens with zero attached hydrogens (tertiary/aromatic N) is 1. The zero-order valence-electron chi connectivity index (χ0n) is 11.8. The number of hydrogen-bond acceptors (Lipinski definition) is 5. The Morgan fingerprint density at radius 2 is 1.87 bits per heavy atom. The first-order valence-corrected chi connectivity index (χ1v) is 7.48. The second-order valence-corrected chi connectivity index (χ2v) is 5.53. The van der Waals surface area contributed by atoms with Gasteiger partial charge in [0.2, 0.25) is 0 Å². The van der Waals surface area contributed by atoms with E-state index in [1.807, 2.05) is 17.5 Å². The molecule has 0 unspecified atom stereocenters. The maximum absolute atomic E-state index is 12.2. The fourth-order valence-corrected chi connectivity index (χ4v) is 2.60. The lowest BCUT2D eigenvalue weighted by Gasteiger charge is -2.06. The molecule has 23 heavy (non-hydrogen) atoms. The van der Waals surface area contributed by atoms with Crippen LogP contribution in [0.5, 0.6) is 0 Å². The van der Waals surface area contributed by atoms with E-state index >= 15 is 0 Å². The molecule has 0 aliphatic heterocycles. The van der Waals surface area contributed by atoms with E-state index in [4.69, 9.17) is 10.3 Å². The topological polar surface area (TPSA) is 110 Å². The van der Waals surface area contributed by atoms with Crippen LogP contribution in [0.4, 0.5) is 16.2 Å². The zero-order valence-corrected chi connectivity index (χ0v) is 12.6. The summed E-state index contributed by atoms with van der Waals surface area (Å²) >= 11 is 1.50. The molecule has 2 aromatic heterocycles. The first kappa shape index (κ1) is 14.8. The van der Waals surface area contributed by atoms with Crippen LogP contribution in [0.1, 0.15) is 10.5 Å². The van der Waals surface area contributed by atoms with E-state index in [9.17, 15) is 9.59 Å². The van der Waals surface area contributed by atoms with Gasteiger partial charge in [-0.15, -0.1) is 11.3 Å². The molecular weight excluding hydrogens is 316 g/mol. The van der Waals surface area contributed by atoms with Crippen LogP contribution in [-0.2, 0) is 0 Å². The molecule has 2 heterocycles. The number of primary amides is 1. The van der Waals surface area contributed by atoms with Crippen LogP contribution < -0.4 is 16.4 Å². The average Bonchev–Trinajstić information content (AvgIpc) is 3.18. The van der Waals surface area contributed by atoms with E-state index in [0.29, 0.717) is 17.1 Å². The van der Waals surface area contributed by atoms with Crippen molar-refractivity contribution in [3.05, 3.63) is 53.5 Å². The van der Waals surface area contributed by atoms with Crippen molar-refractivity contribution in [1.29, 1.82) is 0 Å². The fourth-order valence-electron chi connectivity index (χ4n) is 1.93. The van der Waals surface area contributed by atoms with Crippen LogP contribution in [0, 0.1) is 0 Å². The highest BCUT2D eigenvalue weighted by molar-refractivity contribution is 7.13. The summed E-state index contributed by atoms with van der Waals surface area (Å²) in [6.45, 7) is 0. The van der Waals surface area contributed by atoms with Crippen LogP contribution in [-0.4, -0.2) is 17.1 Å². The van der Waals surface area contributed by atoms with Gasteiger partial charge in [-0.3, -0.25) is 4.79 Å². The molecule has 0 saturated carbocycles. The van der Waals surface area contributed by atoms with Gasteiger partial charge in [-0.25, -0.2) is 4.79 Å². The summed E-state index contributed by atoms with van der Waals surface area (Å²) in [6, 6.07) is 11.3. The standard InChI is InChI=1S/C15H12N4O3S/c16-15(21)18-10-4-1-3-9(7-10)17-14(20)11-8-12(22-19-11)13-5-2-6-23-13/h1-8H,(H,17,20)(H3,16,18,21). The van der Waals surface area contributed by atoms with E-state index in [2.05, 4.69) is 15.8 Å². The molecule has 116 valence electrons. The largest absolute Gasteiger partial charge is 0.355 e. The van der Waals surface area contributed by atoms with Gasteiger partial charge in [-0.1, -0.05) is 17.3 Å². The lowest BCUT2D eigenvalue weighted by atomic mass is 10.2. The molecule has 3 amide bonds. The van der Waals surface area contributed by atoms with Crippen molar-refractivity contribution in [2.45, 2.75) is 0 Å². The molecule has 4 N–H and O–H groups in total. The zero-order chi connectivity index (χ0) is 16.2. The number of benzene rings is 1. The van der Waals surface area contributed by atoms with Gasteiger partial charge in [0, 0.05) is 17.4 Å². The minimum absolute atomic E-state index is 0.168. The van der Waals surface area contributed by atoms with Crippen molar-refractivity contribution in [2.75, 3.05) is 10.6 Å². The number of nitrogens with two attached hydrogens (primary N) is 1. The predicted octanol–water partition coefficient (Wildman–Crippen LogP) is 3.15. The van der Waals surface area contributed by atoms with Crippen LogP contribution in [0.3, 0.4) is 0 Å². The molecule has 0 saturated heterocycles. The lowest BCUT2D eigenvalue weighted by Crippen LogP contribution is -2.19. The van der Waals surface area contributed by atoms with Crippen LogP contribution in [0.15, 0.2) is 52.4 Å². The van der Waals surface area contributed by atoms with E-state index < -0.39 is 11.9 Å². The van der Waals surface area contributed by atoms with E-state index in [-0.39, 0.29) is 5.69 Å². The molecule has 0 spiro atoms. The van der Waals surface area contributed by atoms with Crippen molar-refractivity contribution < 1.29 is 14.1 Å². The summed E-state index contributed by atoms with van der Waals surface area (Å²) < 4.78 is 5.17. The summed E-state index contributed by atoms with van der Waals surface area (Å²) in [5.41, 5.74) is 6.21. The van der Waals surface area contributed by atoms with Gasteiger partial charge in [0.05, 0.1) is 4.88 Å². The molecule has 1 aromatic carbocycles. The van der Waals surface area contributed by atoms with Gasteiger partial charge in [0.25, 0.3) is 5.91 Å². The number of amides is 3. The van der Waals surface area contributed by atoms with Crippen LogP contribution in [0.25, 0.3) is 10.6 Å². The molecule has 0 radical (unpaired) electrons. The van der Waals surface area contributed by atoms with Crippen molar-refractivity contribution in [2.24, 2.45) is 5.73 Å². The Hall–Kier alpha value is -3.13. The number of nitrogens with one attached hydrogen (secondary N) is 2. The Kier molecular flexibility index (Phi) is 4.07. The van der Waals surface area contributed by atoms with Crippen LogP contribution in [0.2, 0.25) is 0 Å². The Balaban J connectivity index is 1.73. The Morgan fingerprint density at radius 1 is 1.09 bits per heavy atom. The molecular formula is C15H12N4O3S. The molecule has 3 rings (SSSR count). The third-order valence-corrected chi connectivity index (χ3v) is 3.78. The molecule has 3 aromatic rings. The smallest absolute Gasteiger partial charge is 0.316 e. The number of hydrogen-bond donors (Lipinski definition) is 3. The van der Waals surface area contributed by atoms with Gasteiger partial charge >= 0.3 is 6.03 Å². The third kappa shape index (κ3) is 3.55. The lowest BCUT2D eigenvalue weighted by molar-refractivity contribution is 0.101. The quantitative estimate of drug-likeness (QED) is 0.683. The van der Waals surface area contributed by atoms with E-state index in [0.717, 1.165) is 4.88 Å². The van der Waals surface area contributed by atoms with Crippen molar-refractivity contribution >= 4 is 34.6 Å². The maximum Gasteiger partial charge on any atom is 0.316 e. The highest BCUT2D eigenvalue weighted by Crippen LogP contribution is 2.25. The number of thiophene rings is 1. The highest BCUT2D eigenvalue weighted by Gasteiger charge is 2.14. The number of carbonyl (C=O) groups excluding carboxylic acids is 2. The Bertz CT molecular complexity index is 842. The number of anilines is 2. The summed E-state index contributed by atoms with van der Waals surface area (Å²) in [5.74, 6) is 0.127. The molecule has 0 bridgehead atoms. The third-order valence-electron chi connectivity index (χ3n) is 2.89. The molecule has 0 fully saturated rings. The fraction of sp³-hybridized carbons (Fsp3) is 0. The van der Waals surface area contributed by atoms with Crippen molar-refractivity contribution in [1.82, 2.24) is 5.16 Å². The minimum Gasteiger partial charge on any atom is -0.355 e. The SMILES string of the molecule is NC(=O)Nc1cccc(NC(=O)c2cc(-c3cccs3)on2)c1. The molecule has 0 aliphatic carbocycles. The molecule has 7 nitrogen and oxygen atoms in total. The van der Waals surface area contributed by atoms with Crippen molar-refractivity contribution in [3.63, 3.8) is 0 Å². The Morgan fingerprint density at radius 3 is 2.57 bits per heavy atom. The molecule has 0 aliphatic rings. The molecule has 0 atom stereocenters. The summed E-state index contributed by atoms with van der Waals surface area (Å²) in [7, 11) is 0. The van der Waals surface area contributed by atoms with E-state index in [1.165, 1.54) is 11.3 Å². The average molecular weight is 328 g/mol. The molecule has 8 heteroatoms. The summed E-state index contributed by atoms with van der Waals surface area (Å²) in [4.78, 5) is 23.9. The van der Waals surface area contributed by atoms with Gasteiger partial charge < -0.3 is 20.9 Å². The highest BCUT2D eigenvalue weighted by atomic mass is 32.1. The number of rotatable bonds is 4. The van der Waals surface area contributed by atoms with Gasteiger partial charge in [-0.2, -0.15) is 0 Å². The summed E-state index contributed by atoms with van der Waals surface area (Å²) in [5, 5.41) is 10.8. The number of carbonyl (C=O) groups is 2. The monoisotopic (exact) mass is 328 g/mol. The predicted molar refractivity (Wildman–Crippen MR) is 87.4 cm³/mol.